The molecule has 134 valence electrons. The first-order valence-electron chi connectivity index (χ1n) is 7.81. The zero-order valence-electron chi connectivity index (χ0n) is 14.2. The molecule has 0 aliphatic carbocycles. The Balaban J connectivity index is 1.75. The van der Waals surface area contributed by atoms with E-state index in [2.05, 4.69) is 15.9 Å². The standard InChI is InChI=1S/C19H16BrClN2O2S/c1-22-16(18(24)23(2)19(22)26)10-13-5-8-17(15(21)9-13)25-11-12-3-6-14(20)7-4-12/h3-10H,11H2,1-2H3/b16-10-. The minimum atomic E-state index is -0.135. The van der Waals surface area contributed by atoms with Crippen LogP contribution in [0.5, 0.6) is 5.75 Å². The lowest BCUT2D eigenvalue weighted by Gasteiger charge is -2.11. The van der Waals surface area contributed by atoms with Crippen LogP contribution in [0.3, 0.4) is 0 Å². The second-order valence-corrected chi connectivity index (χ2v) is 7.53. The predicted molar refractivity (Wildman–Crippen MR) is 111 cm³/mol. The Morgan fingerprint density at radius 3 is 2.42 bits per heavy atom. The number of carbonyl (C=O) groups excluding carboxylic acids is 1. The lowest BCUT2D eigenvalue weighted by molar-refractivity contribution is -0.121. The van der Waals surface area contributed by atoms with E-state index in [0.717, 1.165) is 15.6 Å². The first-order chi connectivity index (χ1) is 12.4. The summed E-state index contributed by atoms with van der Waals surface area (Å²) in [5.74, 6) is 0.458. The summed E-state index contributed by atoms with van der Waals surface area (Å²) in [5.41, 5.74) is 2.36. The lowest BCUT2D eigenvalue weighted by Crippen LogP contribution is -2.26. The summed E-state index contributed by atoms with van der Waals surface area (Å²) in [6.07, 6.45) is 1.77. The monoisotopic (exact) mass is 450 g/mol. The van der Waals surface area contributed by atoms with E-state index in [1.54, 1.807) is 37.2 Å². The Hall–Kier alpha value is -1.89. The van der Waals surface area contributed by atoms with Crippen LogP contribution in [0.15, 0.2) is 52.6 Å². The fourth-order valence-electron chi connectivity index (χ4n) is 2.51. The largest absolute Gasteiger partial charge is 0.487 e. The highest BCUT2D eigenvalue weighted by molar-refractivity contribution is 9.10. The summed E-state index contributed by atoms with van der Waals surface area (Å²) in [4.78, 5) is 15.4. The number of benzene rings is 2. The molecule has 1 aliphatic rings. The third-order valence-electron chi connectivity index (χ3n) is 4.03. The van der Waals surface area contributed by atoms with Crippen LogP contribution in [-0.2, 0) is 11.4 Å². The zero-order chi connectivity index (χ0) is 18.8. The number of ether oxygens (including phenoxy) is 1. The van der Waals surface area contributed by atoms with Gasteiger partial charge in [-0.1, -0.05) is 45.7 Å². The number of nitrogens with zero attached hydrogens (tertiary/aromatic N) is 2. The molecule has 1 aliphatic heterocycles. The molecule has 3 rings (SSSR count). The molecule has 1 heterocycles. The van der Waals surface area contributed by atoms with Crippen molar-refractivity contribution in [2.45, 2.75) is 6.61 Å². The first kappa shape index (κ1) is 18.9. The van der Waals surface area contributed by atoms with Crippen LogP contribution in [0.25, 0.3) is 6.08 Å². The van der Waals surface area contributed by atoms with Crippen LogP contribution in [0.2, 0.25) is 5.02 Å². The maximum atomic E-state index is 12.2. The highest BCUT2D eigenvalue weighted by Crippen LogP contribution is 2.28. The number of thiocarbonyl (C=S) groups is 1. The molecule has 0 saturated carbocycles. The van der Waals surface area contributed by atoms with E-state index in [0.29, 0.717) is 28.2 Å². The molecule has 26 heavy (non-hydrogen) atoms. The molecule has 4 nitrogen and oxygen atoms in total. The van der Waals surface area contributed by atoms with Gasteiger partial charge in [-0.05, 0) is 53.7 Å². The summed E-state index contributed by atoms with van der Waals surface area (Å²) in [6.45, 7) is 0.424. The van der Waals surface area contributed by atoms with Crippen LogP contribution in [-0.4, -0.2) is 34.9 Å². The van der Waals surface area contributed by atoms with E-state index in [4.69, 9.17) is 28.6 Å². The van der Waals surface area contributed by atoms with Gasteiger partial charge in [0.2, 0.25) is 0 Å². The normalized spacial score (nSPS) is 15.9. The van der Waals surface area contributed by atoms with E-state index >= 15 is 0 Å². The van der Waals surface area contributed by atoms with Crippen molar-refractivity contribution in [2.24, 2.45) is 0 Å². The summed E-state index contributed by atoms with van der Waals surface area (Å²) < 4.78 is 6.81. The smallest absolute Gasteiger partial charge is 0.276 e. The highest BCUT2D eigenvalue weighted by Gasteiger charge is 2.32. The Bertz CT molecular complexity index is 899. The van der Waals surface area contributed by atoms with Crippen molar-refractivity contribution in [2.75, 3.05) is 14.1 Å². The molecule has 1 saturated heterocycles. The van der Waals surface area contributed by atoms with Gasteiger partial charge in [-0.15, -0.1) is 0 Å². The summed E-state index contributed by atoms with van der Waals surface area (Å²) in [7, 11) is 3.43. The Labute approximate surface area is 171 Å². The van der Waals surface area contributed by atoms with Crippen LogP contribution in [0.1, 0.15) is 11.1 Å². The van der Waals surface area contributed by atoms with Crippen molar-refractivity contribution in [3.63, 3.8) is 0 Å². The van der Waals surface area contributed by atoms with Crippen LogP contribution in [0, 0.1) is 0 Å². The Morgan fingerprint density at radius 2 is 1.85 bits per heavy atom. The van der Waals surface area contributed by atoms with Crippen LogP contribution >= 0.6 is 39.7 Å². The van der Waals surface area contributed by atoms with Crippen LogP contribution < -0.4 is 4.74 Å². The van der Waals surface area contributed by atoms with Crippen LogP contribution in [0.4, 0.5) is 0 Å². The van der Waals surface area contributed by atoms with E-state index in [-0.39, 0.29) is 5.91 Å². The van der Waals surface area contributed by atoms with Gasteiger partial charge in [-0.3, -0.25) is 9.69 Å². The number of amides is 1. The Kier molecular flexibility index (Phi) is 5.65. The number of rotatable bonds is 4. The van der Waals surface area contributed by atoms with Gasteiger partial charge in [0.15, 0.2) is 5.11 Å². The van der Waals surface area contributed by atoms with E-state index in [1.807, 2.05) is 30.3 Å². The molecule has 0 atom stereocenters. The molecule has 2 aromatic carbocycles. The second-order valence-electron chi connectivity index (χ2n) is 5.84. The molecule has 0 aromatic heterocycles. The lowest BCUT2D eigenvalue weighted by atomic mass is 10.1. The number of hydrogen-bond donors (Lipinski definition) is 0. The molecule has 0 unspecified atom stereocenters. The third kappa shape index (κ3) is 3.92. The molecule has 1 amide bonds. The molecule has 7 heteroatoms. The molecular formula is C19H16BrClN2O2S. The average molecular weight is 452 g/mol. The topological polar surface area (TPSA) is 32.8 Å². The third-order valence-corrected chi connectivity index (χ3v) is 5.40. The van der Waals surface area contributed by atoms with E-state index in [1.165, 1.54) is 4.90 Å². The minimum Gasteiger partial charge on any atom is -0.487 e. The molecule has 0 radical (unpaired) electrons. The van der Waals surface area contributed by atoms with Gasteiger partial charge in [0.1, 0.15) is 18.1 Å². The minimum absolute atomic E-state index is 0.135. The van der Waals surface area contributed by atoms with Crippen molar-refractivity contribution in [1.82, 2.24) is 9.80 Å². The number of carbonyl (C=O) groups is 1. The van der Waals surface area contributed by atoms with Gasteiger partial charge >= 0.3 is 0 Å². The van der Waals surface area contributed by atoms with Gasteiger partial charge in [-0.2, -0.15) is 0 Å². The predicted octanol–water partition coefficient (Wildman–Crippen LogP) is 4.71. The van der Waals surface area contributed by atoms with Crippen molar-refractivity contribution in [3.8, 4) is 5.75 Å². The fourth-order valence-corrected chi connectivity index (χ4v) is 3.20. The fraction of sp³-hybridized carbons (Fsp3) is 0.158. The number of likely N-dealkylation sites (N-methyl/N-ethyl adjacent to an activating group) is 2. The molecule has 1 fully saturated rings. The van der Waals surface area contributed by atoms with E-state index < -0.39 is 0 Å². The molecule has 0 bridgehead atoms. The Morgan fingerprint density at radius 1 is 1.15 bits per heavy atom. The van der Waals surface area contributed by atoms with Crippen molar-refractivity contribution >= 4 is 56.8 Å². The van der Waals surface area contributed by atoms with Gasteiger partial charge in [0.05, 0.1) is 5.02 Å². The maximum absolute atomic E-state index is 12.2. The SMILES string of the molecule is CN1C(=O)/C(=C/c2ccc(OCc3ccc(Br)cc3)c(Cl)c2)N(C)C1=S. The van der Waals surface area contributed by atoms with Crippen molar-refractivity contribution in [1.29, 1.82) is 0 Å². The highest BCUT2D eigenvalue weighted by atomic mass is 79.9. The quantitative estimate of drug-likeness (QED) is 0.498. The van der Waals surface area contributed by atoms with Crippen molar-refractivity contribution < 1.29 is 9.53 Å². The number of hydrogen-bond acceptors (Lipinski definition) is 3. The van der Waals surface area contributed by atoms with Crippen molar-refractivity contribution in [3.05, 3.63) is 68.8 Å². The average Bonchev–Trinajstić information content (AvgIpc) is 2.80. The summed E-state index contributed by atoms with van der Waals surface area (Å²) in [6, 6.07) is 13.3. The molecular weight excluding hydrogens is 436 g/mol. The van der Waals surface area contributed by atoms with Gasteiger partial charge in [-0.25, -0.2) is 0 Å². The molecule has 0 spiro atoms. The van der Waals surface area contributed by atoms with E-state index in [9.17, 15) is 4.79 Å². The zero-order valence-corrected chi connectivity index (χ0v) is 17.4. The molecule has 0 N–H and O–H groups in total. The maximum Gasteiger partial charge on any atom is 0.276 e. The summed E-state index contributed by atoms with van der Waals surface area (Å²) in [5, 5.41) is 0.960. The summed E-state index contributed by atoms with van der Waals surface area (Å²) >= 11 is 15.0. The number of halogens is 2. The first-order valence-corrected chi connectivity index (χ1v) is 9.39. The second kappa shape index (κ2) is 7.78. The molecule has 2 aromatic rings. The van der Waals surface area contributed by atoms with Gasteiger partial charge in [0, 0.05) is 18.6 Å². The van der Waals surface area contributed by atoms with Gasteiger partial charge in [0.25, 0.3) is 5.91 Å². The van der Waals surface area contributed by atoms with Gasteiger partial charge < -0.3 is 9.64 Å².